The molecule has 0 aromatic heterocycles. The molecule has 1 heterocycles. The van der Waals surface area contributed by atoms with Crippen LogP contribution in [0.3, 0.4) is 0 Å². The van der Waals surface area contributed by atoms with Gasteiger partial charge in [-0.1, -0.05) is 17.7 Å². The van der Waals surface area contributed by atoms with E-state index in [1.165, 1.54) is 11.6 Å². The second-order valence-corrected chi connectivity index (χ2v) is 4.60. The van der Waals surface area contributed by atoms with Crippen molar-refractivity contribution in [1.29, 1.82) is 0 Å². The van der Waals surface area contributed by atoms with Gasteiger partial charge in [0, 0.05) is 24.3 Å². The second-order valence-electron chi connectivity index (χ2n) is 4.60. The van der Waals surface area contributed by atoms with E-state index < -0.39 is 6.10 Å². The Bertz CT molecular complexity index is 440. The standard InChI is InChI=1S/C14H18FNO/c1-10-6-8-16(9-7-10)13-5-3-4-12(15)14(13)11(2)17/h3-6,11,17H,7-9H2,1-2H3/t11-/m0/s1. The van der Waals surface area contributed by atoms with Crippen LogP contribution >= 0.6 is 0 Å². The maximum atomic E-state index is 13.7. The first-order valence-corrected chi connectivity index (χ1v) is 5.96. The van der Waals surface area contributed by atoms with E-state index in [1.54, 1.807) is 13.0 Å². The largest absolute Gasteiger partial charge is 0.389 e. The Balaban J connectivity index is 2.35. The van der Waals surface area contributed by atoms with Gasteiger partial charge < -0.3 is 10.0 Å². The minimum atomic E-state index is -0.779. The minimum Gasteiger partial charge on any atom is -0.389 e. The summed E-state index contributed by atoms with van der Waals surface area (Å²) in [5, 5.41) is 9.69. The number of nitrogens with zero attached hydrogens (tertiary/aromatic N) is 1. The molecule has 0 unspecified atom stereocenters. The summed E-state index contributed by atoms with van der Waals surface area (Å²) in [6.45, 7) is 5.38. The number of aliphatic hydroxyl groups is 1. The third-order valence-electron chi connectivity index (χ3n) is 3.22. The van der Waals surface area contributed by atoms with Crippen molar-refractivity contribution in [3.05, 3.63) is 41.2 Å². The zero-order chi connectivity index (χ0) is 12.4. The van der Waals surface area contributed by atoms with Crippen LogP contribution in [0.1, 0.15) is 31.9 Å². The molecule has 0 aliphatic carbocycles. The quantitative estimate of drug-likeness (QED) is 0.796. The van der Waals surface area contributed by atoms with Gasteiger partial charge in [0.2, 0.25) is 0 Å². The molecule has 0 saturated carbocycles. The van der Waals surface area contributed by atoms with Gasteiger partial charge in [-0.25, -0.2) is 4.39 Å². The lowest BCUT2D eigenvalue weighted by Gasteiger charge is -2.30. The fourth-order valence-electron chi connectivity index (χ4n) is 2.20. The van der Waals surface area contributed by atoms with Gasteiger partial charge in [-0.3, -0.25) is 0 Å². The topological polar surface area (TPSA) is 23.5 Å². The lowest BCUT2D eigenvalue weighted by Crippen LogP contribution is -2.29. The Morgan fingerprint density at radius 2 is 2.18 bits per heavy atom. The molecule has 0 bridgehead atoms. The predicted octanol–water partition coefficient (Wildman–Crippen LogP) is 3.04. The summed E-state index contributed by atoms with van der Waals surface area (Å²) in [6, 6.07) is 4.97. The van der Waals surface area contributed by atoms with Crippen LogP contribution in [0.2, 0.25) is 0 Å². The zero-order valence-corrected chi connectivity index (χ0v) is 10.3. The number of halogens is 1. The van der Waals surface area contributed by atoms with E-state index in [0.717, 1.165) is 25.2 Å². The molecule has 0 spiro atoms. The second kappa shape index (κ2) is 4.88. The van der Waals surface area contributed by atoms with Crippen molar-refractivity contribution in [2.24, 2.45) is 0 Å². The molecule has 92 valence electrons. The van der Waals surface area contributed by atoms with Crippen molar-refractivity contribution in [3.8, 4) is 0 Å². The summed E-state index contributed by atoms with van der Waals surface area (Å²) in [6.07, 6.45) is 2.37. The molecule has 1 aliphatic heterocycles. The van der Waals surface area contributed by atoms with Crippen LogP contribution in [0.15, 0.2) is 29.8 Å². The molecule has 2 rings (SSSR count). The van der Waals surface area contributed by atoms with Crippen LogP contribution in [0.4, 0.5) is 10.1 Å². The number of rotatable bonds is 2. The summed E-state index contributed by atoms with van der Waals surface area (Å²) in [5.41, 5.74) is 2.58. The molecule has 3 heteroatoms. The van der Waals surface area contributed by atoms with E-state index in [-0.39, 0.29) is 5.82 Å². The number of anilines is 1. The molecule has 1 aromatic rings. The molecule has 0 fully saturated rings. The number of aliphatic hydroxyl groups excluding tert-OH is 1. The van der Waals surface area contributed by atoms with Crippen LogP contribution in [-0.4, -0.2) is 18.2 Å². The first-order chi connectivity index (χ1) is 8.09. The third-order valence-corrected chi connectivity index (χ3v) is 3.22. The summed E-state index contributed by atoms with van der Waals surface area (Å²) < 4.78 is 13.7. The third kappa shape index (κ3) is 2.50. The van der Waals surface area contributed by atoms with Crippen molar-refractivity contribution < 1.29 is 9.50 Å². The fourth-order valence-corrected chi connectivity index (χ4v) is 2.20. The van der Waals surface area contributed by atoms with Gasteiger partial charge in [-0.15, -0.1) is 0 Å². The van der Waals surface area contributed by atoms with Crippen molar-refractivity contribution in [2.45, 2.75) is 26.4 Å². The van der Waals surface area contributed by atoms with Crippen molar-refractivity contribution in [2.75, 3.05) is 18.0 Å². The van der Waals surface area contributed by atoms with Crippen LogP contribution in [-0.2, 0) is 0 Å². The van der Waals surface area contributed by atoms with Crippen LogP contribution < -0.4 is 4.90 Å². The van der Waals surface area contributed by atoms with Gasteiger partial charge in [0.15, 0.2) is 0 Å². The fraction of sp³-hybridized carbons (Fsp3) is 0.429. The summed E-state index contributed by atoms with van der Waals surface area (Å²) in [7, 11) is 0. The van der Waals surface area contributed by atoms with Crippen molar-refractivity contribution in [1.82, 2.24) is 0 Å². The highest BCUT2D eigenvalue weighted by Crippen LogP contribution is 2.30. The van der Waals surface area contributed by atoms with Gasteiger partial charge in [-0.05, 0) is 32.4 Å². The molecule has 0 amide bonds. The molecule has 1 N–H and O–H groups in total. The van der Waals surface area contributed by atoms with Crippen LogP contribution in [0, 0.1) is 5.82 Å². The van der Waals surface area contributed by atoms with Crippen LogP contribution in [0.5, 0.6) is 0 Å². The molecule has 1 atom stereocenters. The monoisotopic (exact) mass is 235 g/mol. The number of hydrogen-bond acceptors (Lipinski definition) is 2. The Morgan fingerprint density at radius 1 is 1.41 bits per heavy atom. The van der Waals surface area contributed by atoms with E-state index >= 15 is 0 Å². The highest BCUT2D eigenvalue weighted by molar-refractivity contribution is 5.56. The Hall–Kier alpha value is -1.35. The SMILES string of the molecule is CC1=CCN(c2cccc(F)c2[C@H](C)O)CC1. The van der Waals surface area contributed by atoms with E-state index in [0.29, 0.717) is 5.56 Å². The lowest BCUT2D eigenvalue weighted by molar-refractivity contribution is 0.194. The number of hydrogen-bond donors (Lipinski definition) is 1. The normalized spacial score (nSPS) is 17.9. The maximum absolute atomic E-state index is 13.7. The summed E-state index contributed by atoms with van der Waals surface area (Å²) in [5.74, 6) is -0.330. The summed E-state index contributed by atoms with van der Waals surface area (Å²) in [4.78, 5) is 2.11. The van der Waals surface area contributed by atoms with Gasteiger partial charge in [0.05, 0.1) is 6.10 Å². The molecule has 1 aromatic carbocycles. The summed E-state index contributed by atoms with van der Waals surface area (Å²) >= 11 is 0. The van der Waals surface area contributed by atoms with Crippen molar-refractivity contribution in [3.63, 3.8) is 0 Å². The van der Waals surface area contributed by atoms with Gasteiger partial charge in [0.1, 0.15) is 5.82 Å². The smallest absolute Gasteiger partial charge is 0.131 e. The molecular formula is C14H18FNO. The van der Waals surface area contributed by atoms with E-state index in [4.69, 9.17) is 0 Å². The zero-order valence-electron chi connectivity index (χ0n) is 10.3. The van der Waals surface area contributed by atoms with Crippen molar-refractivity contribution >= 4 is 5.69 Å². The van der Waals surface area contributed by atoms with E-state index in [1.807, 2.05) is 6.07 Å². The minimum absolute atomic E-state index is 0.330. The Morgan fingerprint density at radius 3 is 2.76 bits per heavy atom. The molecule has 1 aliphatic rings. The molecule has 0 radical (unpaired) electrons. The van der Waals surface area contributed by atoms with E-state index in [2.05, 4.69) is 17.9 Å². The molecule has 0 saturated heterocycles. The van der Waals surface area contributed by atoms with E-state index in [9.17, 15) is 9.50 Å². The van der Waals surface area contributed by atoms with Gasteiger partial charge in [-0.2, -0.15) is 0 Å². The molecule has 17 heavy (non-hydrogen) atoms. The molecule has 2 nitrogen and oxygen atoms in total. The highest BCUT2D eigenvalue weighted by atomic mass is 19.1. The number of benzene rings is 1. The maximum Gasteiger partial charge on any atom is 0.131 e. The Labute approximate surface area is 101 Å². The average Bonchev–Trinajstić information content (AvgIpc) is 2.29. The van der Waals surface area contributed by atoms with Gasteiger partial charge >= 0.3 is 0 Å². The lowest BCUT2D eigenvalue weighted by atomic mass is 10.0. The van der Waals surface area contributed by atoms with Crippen LogP contribution in [0.25, 0.3) is 0 Å². The van der Waals surface area contributed by atoms with Gasteiger partial charge in [0.25, 0.3) is 0 Å². The first kappa shape index (κ1) is 12.1. The first-order valence-electron chi connectivity index (χ1n) is 5.96. The Kier molecular flexibility index (Phi) is 3.48. The highest BCUT2D eigenvalue weighted by Gasteiger charge is 2.19. The predicted molar refractivity (Wildman–Crippen MR) is 67.6 cm³/mol. The molecular weight excluding hydrogens is 217 g/mol. The average molecular weight is 235 g/mol.